The number of pyridine rings is 2. The van der Waals surface area contributed by atoms with E-state index in [0.29, 0.717) is 60.6 Å². The zero-order valence-electron chi connectivity index (χ0n) is 44.0. The van der Waals surface area contributed by atoms with Crippen molar-refractivity contribution in [2.45, 2.75) is 216 Å². The topological polar surface area (TPSA) is 143 Å². The smallest absolute Gasteiger partial charge is 0.343 e. The van der Waals surface area contributed by atoms with Gasteiger partial charge in [-0.25, -0.2) is 9.78 Å². The minimum Gasteiger partial charge on any atom is -0.487 e. The molecule has 0 saturated heterocycles. The fourth-order valence-electron chi connectivity index (χ4n) is 11.3. The van der Waals surface area contributed by atoms with Crippen LogP contribution in [0.3, 0.4) is 0 Å². The zero-order chi connectivity index (χ0) is 50.5. The average molecular weight is 961 g/mol. The van der Waals surface area contributed by atoms with E-state index in [0.717, 1.165) is 94.4 Å². The number of aromatic nitrogens is 2. The second-order valence-electron chi connectivity index (χ2n) is 21.8. The third-order valence-electron chi connectivity index (χ3n) is 15.9. The van der Waals surface area contributed by atoms with Crippen LogP contribution in [0.15, 0.2) is 29.1 Å². The zero-order valence-corrected chi connectivity index (χ0v) is 44.0. The summed E-state index contributed by atoms with van der Waals surface area (Å²) < 4.78 is 25.6. The lowest BCUT2D eigenvalue weighted by molar-refractivity contribution is -0.172. The van der Waals surface area contributed by atoms with E-state index in [1.165, 1.54) is 51.4 Å². The molecule has 380 valence electrons. The molecule has 0 bridgehead atoms. The highest BCUT2D eigenvalue weighted by Gasteiger charge is 2.45. The molecule has 2 aromatic carbocycles. The number of cyclic esters (lactones) is 1. The monoisotopic (exact) mass is 961 g/mol. The molecule has 11 heteroatoms. The molecule has 2 aromatic heterocycles. The fraction of sp³-hybridized carbons (Fsp3) is 0.610. The van der Waals surface area contributed by atoms with Crippen LogP contribution in [0.5, 0.6) is 17.2 Å². The van der Waals surface area contributed by atoms with Crippen LogP contribution in [0.4, 0.5) is 0 Å². The van der Waals surface area contributed by atoms with E-state index in [2.05, 4.69) is 48.5 Å². The maximum absolute atomic E-state index is 13.7. The number of rotatable bonds is 23. The highest BCUT2D eigenvalue weighted by atomic mass is 16.6. The summed E-state index contributed by atoms with van der Waals surface area (Å²) in [6, 6.07) is 7.09. The summed E-state index contributed by atoms with van der Waals surface area (Å²) in [4.78, 5) is 57.5. The Morgan fingerprint density at radius 1 is 0.800 bits per heavy atom. The first-order chi connectivity index (χ1) is 33.4. The van der Waals surface area contributed by atoms with Crippen LogP contribution >= 0.6 is 0 Å². The van der Waals surface area contributed by atoms with Gasteiger partial charge in [0.15, 0.2) is 5.60 Å². The number of unbranched alkanes of at least 4 members (excludes halogenated alkanes) is 3. The SMILES string of the molecule is CCc1c2c(nc3ccc(OC(=O)CCCCCCC(=O)Oc4c(C)c(C)c5c(c4C)CC[C@@](C)(CCC[C@H](C)CCC[C@H](C)CCCC(C)C)O5)cc13)-c1cc3c(c(=O)n1C2)COC(=O)[C@]3(O)CC. The lowest BCUT2D eigenvalue weighted by Crippen LogP contribution is -2.44. The Bertz CT molecular complexity index is 2650. The van der Waals surface area contributed by atoms with Gasteiger partial charge in [0.05, 0.1) is 29.0 Å². The standard InChI is InChI=1S/C59H80N2O9/c1-11-43-45-32-42(27-28-49(45)60-53-46(43)34-61-50(53)33-48-47(56(61)64)35-67-57(65)59(48,66)12-2)68-51(62)25-15-13-14-16-26-52(63)69-54-39(7)40(8)55-44(41(54)9)29-31-58(10,70-55)30-19-24-38(6)23-18-22-37(5)21-17-20-36(3)4/h27-28,32-33,36-38,66H,11-26,29-31,34-35H2,1-10H3/t37-,38-,58-,59+/m1/s1. The van der Waals surface area contributed by atoms with E-state index in [-0.39, 0.29) is 53.7 Å². The van der Waals surface area contributed by atoms with Gasteiger partial charge in [-0.3, -0.25) is 14.4 Å². The predicted molar refractivity (Wildman–Crippen MR) is 276 cm³/mol. The highest BCUT2D eigenvalue weighted by Crippen LogP contribution is 2.46. The van der Waals surface area contributed by atoms with Crippen LogP contribution in [-0.4, -0.2) is 38.2 Å². The van der Waals surface area contributed by atoms with E-state index < -0.39 is 11.6 Å². The van der Waals surface area contributed by atoms with Crippen molar-refractivity contribution in [3.63, 3.8) is 0 Å². The molecule has 7 rings (SSSR count). The molecule has 3 aliphatic heterocycles. The number of hydrogen-bond acceptors (Lipinski definition) is 10. The summed E-state index contributed by atoms with van der Waals surface area (Å²) in [6.07, 6.45) is 17.5. The number of carbonyl (C=O) groups is 3. The highest BCUT2D eigenvalue weighted by molar-refractivity contribution is 5.90. The van der Waals surface area contributed by atoms with E-state index in [4.69, 9.17) is 23.9 Å². The van der Waals surface area contributed by atoms with Gasteiger partial charge in [0, 0.05) is 34.9 Å². The molecule has 0 aliphatic carbocycles. The Labute approximate surface area is 416 Å². The van der Waals surface area contributed by atoms with E-state index in [1.54, 1.807) is 23.6 Å². The number of carbonyl (C=O) groups excluding carboxylic acids is 3. The van der Waals surface area contributed by atoms with Crippen molar-refractivity contribution in [1.29, 1.82) is 0 Å². The molecule has 4 aromatic rings. The van der Waals surface area contributed by atoms with E-state index >= 15 is 0 Å². The minimum atomic E-state index is -1.90. The van der Waals surface area contributed by atoms with Crippen molar-refractivity contribution in [2.75, 3.05) is 0 Å². The number of fused-ring (bicyclic) bond motifs is 6. The molecule has 3 aliphatic rings. The molecule has 0 saturated carbocycles. The molecular weight excluding hydrogens is 881 g/mol. The molecule has 0 fully saturated rings. The lowest BCUT2D eigenvalue weighted by Gasteiger charge is -2.38. The van der Waals surface area contributed by atoms with Gasteiger partial charge in [0.25, 0.3) is 5.56 Å². The molecule has 5 heterocycles. The Hall–Kier alpha value is -5.03. The third kappa shape index (κ3) is 11.5. The molecule has 1 N–H and O–H groups in total. The number of aryl methyl sites for hydroxylation is 1. The van der Waals surface area contributed by atoms with Crippen LogP contribution in [0, 0.1) is 38.5 Å². The van der Waals surface area contributed by atoms with Crippen LogP contribution in [0.25, 0.3) is 22.3 Å². The summed E-state index contributed by atoms with van der Waals surface area (Å²) >= 11 is 0. The van der Waals surface area contributed by atoms with Gasteiger partial charge in [-0.2, -0.15) is 0 Å². The predicted octanol–water partition coefficient (Wildman–Crippen LogP) is 12.9. The number of esters is 3. The maximum atomic E-state index is 13.7. The number of hydrogen-bond donors (Lipinski definition) is 1. The first kappa shape index (κ1) is 52.8. The van der Waals surface area contributed by atoms with Gasteiger partial charge < -0.3 is 28.6 Å². The van der Waals surface area contributed by atoms with Gasteiger partial charge in [0.1, 0.15) is 29.5 Å². The first-order valence-electron chi connectivity index (χ1n) is 26.7. The van der Waals surface area contributed by atoms with Crippen molar-refractivity contribution < 1.29 is 38.4 Å². The molecular formula is C59H80N2O9. The van der Waals surface area contributed by atoms with Gasteiger partial charge >= 0.3 is 17.9 Å². The second-order valence-corrected chi connectivity index (χ2v) is 21.8. The fourth-order valence-corrected chi connectivity index (χ4v) is 11.3. The average Bonchev–Trinajstić information content (AvgIpc) is 3.69. The Kier molecular flexibility index (Phi) is 17.0. The first-order valence-corrected chi connectivity index (χ1v) is 26.7. The molecule has 0 radical (unpaired) electrons. The van der Waals surface area contributed by atoms with Crippen molar-refractivity contribution in [3.05, 3.63) is 79.1 Å². The summed E-state index contributed by atoms with van der Waals surface area (Å²) in [5, 5.41) is 12.1. The van der Waals surface area contributed by atoms with Gasteiger partial charge in [-0.15, -0.1) is 0 Å². The van der Waals surface area contributed by atoms with Crippen molar-refractivity contribution in [1.82, 2.24) is 9.55 Å². The second kappa shape index (κ2) is 22.6. The number of ether oxygens (including phenoxy) is 4. The maximum Gasteiger partial charge on any atom is 0.343 e. The minimum absolute atomic E-state index is 0.0725. The quantitative estimate of drug-likeness (QED) is 0.0382. The summed E-state index contributed by atoms with van der Waals surface area (Å²) in [7, 11) is 0. The molecule has 0 unspecified atom stereocenters. The molecule has 70 heavy (non-hydrogen) atoms. The normalized spacial score (nSPS) is 18.9. The molecule has 4 atom stereocenters. The van der Waals surface area contributed by atoms with Gasteiger partial charge in [-0.05, 0) is 143 Å². The van der Waals surface area contributed by atoms with Gasteiger partial charge in [-0.1, -0.05) is 99.3 Å². The number of benzene rings is 2. The Morgan fingerprint density at radius 2 is 1.46 bits per heavy atom. The van der Waals surface area contributed by atoms with Crippen LogP contribution in [-0.2, 0) is 50.7 Å². The Balaban J connectivity index is 0.849. The van der Waals surface area contributed by atoms with Crippen LogP contribution in [0.1, 0.15) is 202 Å². The number of aliphatic hydroxyl groups is 1. The molecule has 0 amide bonds. The number of nitrogens with zero attached hydrogens (tertiary/aromatic N) is 2. The third-order valence-corrected chi connectivity index (χ3v) is 15.9. The van der Waals surface area contributed by atoms with Crippen LogP contribution < -0.4 is 19.8 Å². The molecule has 0 spiro atoms. The summed E-state index contributed by atoms with van der Waals surface area (Å²) in [6.45, 7) is 21.8. The summed E-state index contributed by atoms with van der Waals surface area (Å²) in [5.41, 5.74) is 6.09. The van der Waals surface area contributed by atoms with E-state index in [9.17, 15) is 24.3 Å². The van der Waals surface area contributed by atoms with Crippen molar-refractivity contribution >= 4 is 28.8 Å². The van der Waals surface area contributed by atoms with E-state index in [1.807, 2.05) is 26.0 Å². The largest absolute Gasteiger partial charge is 0.487 e. The summed E-state index contributed by atoms with van der Waals surface area (Å²) in [5.74, 6) is 3.10. The Morgan fingerprint density at radius 3 is 2.11 bits per heavy atom. The van der Waals surface area contributed by atoms with Crippen molar-refractivity contribution in [3.8, 4) is 28.6 Å². The van der Waals surface area contributed by atoms with Gasteiger partial charge in [0.2, 0.25) is 0 Å². The van der Waals surface area contributed by atoms with Crippen LogP contribution in [0.2, 0.25) is 0 Å². The lowest BCUT2D eigenvalue weighted by atomic mass is 9.83. The molecule has 11 nitrogen and oxygen atoms in total. The van der Waals surface area contributed by atoms with Crippen molar-refractivity contribution in [2.24, 2.45) is 17.8 Å².